The molecule has 1 aromatic carbocycles. The van der Waals surface area contributed by atoms with Gasteiger partial charge in [-0.15, -0.1) is 11.3 Å². The lowest BCUT2D eigenvalue weighted by molar-refractivity contribution is -0.119. The highest BCUT2D eigenvalue weighted by Crippen LogP contribution is 2.42. The summed E-state index contributed by atoms with van der Waals surface area (Å²) in [6.07, 6.45) is 1.67. The number of hydrogen-bond donors (Lipinski definition) is 2. The molecule has 0 aliphatic carbocycles. The van der Waals surface area contributed by atoms with E-state index in [0.717, 1.165) is 4.83 Å². The second-order valence-corrected chi connectivity index (χ2v) is 7.98. The number of rotatable bonds is 6. The molecule has 1 saturated heterocycles. The molecule has 3 aromatic rings. The van der Waals surface area contributed by atoms with E-state index in [1.54, 1.807) is 11.6 Å². The smallest absolute Gasteiger partial charge is 0.220 e. The molecule has 7 nitrogen and oxygen atoms in total. The topological polar surface area (TPSA) is 89.0 Å². The molecule has 3 heterocycles. The maximum Gasteiger partial charge on any atom is 0.220 e. The molecule has 2 atom stereocenters. The molecule has 29 heavy (non-hydrogen) atoms. The summed E-state index contributed by atoms with van der Waals surface area (Å²) in [5, 5.41) is 6.05. The minimum absolute atomic E-state index is 0.00653. The van der Waals surface area contributed by atoms with Crippen LogP contribution in [-0.2, 0) is 4.79 Å². The van der Waals surface area contributed by atoms with Crippen LogP contribution in [0.25, 0.3) is 10.3 Å². The summed E-state index contributed by atoms with van der Waals surface area (Å²) in [4.78, 5) is 25.3. The molecule has 0 bridgehead atoms. The summed E-state index contributed by atoms with van der Waals surface area (Å²) < 4.78 is 20.9. The van der Waals surface area contributed by atoms with Gasteiger partial charge in [-0.05, 0) is 19.9 Å². The van der Waals surface area contributed by atoms with Gasteiger partial charge in [0.1, 0.15) is 28.2 Å². The number of fused-ring (bicyclic) bond motifs is 1. The SMILES string of the molecule is CCOc1c([C@@H](C)Nc2ncnc3scnc23)cc(Cl)c(F)c1C1CNC(=O)C1. The first-order valence-corrected chi connectivity index (χ1v) is 10.5. The van der Waals surface area contributed by atoms with Crippen molar-refractivity contribution in [1.29, 1.82) is 0 Å². The van der Waals surface area contributed by atoms with E-state index in [0.29, 0.717) is 41.4 Å². The molecule has 2 aromatic heterocycles. The molecular formula is C19H19ClFN5O2S. The summed E-state index contributed by atoms with van der Waals surface area (Å²) in [7, 11) is 0. The third-order valence-corrected chi connectivity index (χ3v) is 5.87. The van der Waals surface area contributed by atoms with Crippen molar-refractivity contribution in [2.75, 3.05) is 18.5 Å². The van der Waals surface area contributed by atoms with Crippen LogP contribution in [0.2, 0.25) is 5.02 Å². The number of halogens is 2. The van der Waals surface area contributed by atoms with Gasteiger partial charge in [-0.1, -0.05) is 11.6 Å². The van der Waals surface area contributed by atoms with E-state index >= 15 is 4.39 Å². The summed E-state index contributed by atoms with van der Waals surface area (Å²) in [6.45, 7) is 4.45. The monoisotopic (exact) mass is 435 g/mol. The number of hydrogen-bond acceptors (Lipinski definition) is 7. The highest BCUT2D eigenvalue weighted by molar-refractivity contribution is 7.16. The first-order chi connectivity index (χ1) is 14.0. The lowest BCUT2D eigenvalue weighted by Crippen LogP contribution is -2.16. The number of carbonyl (C=O) groups excluding carboxylic acids is 1. The number of carbonyl (C=O) groups is 1. The van der Waals surface area contributed by atoms with Crippen LogP contribution in [0.15, 0.2) is 17.9 Å². The Morgan fingerprint density at radius 3 is 3.00 bits per heavy atom. The fourth-order valence-electron chi connectivity index (χ4n) is 3.53. The van der Waals surface area contributed by atoms with Gasteiger partial charge < -0.3 is 15.4 Å². The van der Waals surface area contributed by atoms with Crippen LogP contribution in [-0.4, -0.2) is 34.0 Å². The molecule has 152 valence electrons. The number of thiazole rings is 1. The molecule has 1 fully saturated rings. The number of anilines is 1. The van der Waals surface area contributed by atoms with Crippen LogP contribution in [0.1, 0.15) is 43.4 Å². The third kappa shape index (κ3) is 3.72. The van der Waals surface area contributed by atoms with E-state index in [2.05, 4.69) is 25.6 Å². The number of ether oxygens (including phenoxy) is 1. The predicted molar refractivity (Wildman–Crippen MR) is 110 cm³/mol. The minimum atomic E-state index is -0.545. The quantitative estimate of drug-likeness (QED) is 0.607. The number of nitrogens with zero attached hydrogens (tertiary/aromatic N) is 3. The van der Waals surface area contributed by atoms with Crippen LogP contribution in [0.4, 0.5) is 10.2 Å². The highest BCUT2D eigenvalue weighted by atomic mass is 35.5. The molecule has 4 rings (SSSR count). The first kappa shape index (κ1) is 19.8. The standard InChI is InChI=1S/C19H19ClFN5O2S/c1-3-28-17-11(5-12(20)15(21)14(17)10-4-13(27)22-6-10)9(2)26-18-16-19(24-7-23-18)29-8-25-16/h5,7-10H,3-4,6H2,1-2H3,(H,22,27)(H,23,24,26)/t9-,10?/m1/s1. The molecular weight excluding hydrogens is 417 g/mol. The Kier molecular flexibility index (Phi) is 5.51. The number of benzene rings is 1. The Hall–Kier alpha value is -2.52. The van der Waals surface area contributed by atoms with Crippen molar-refractivity contribution in [1.82, 2.24) is 20.3 Å². The highest BCUT2D eigenvalue weighted by Gasteiger charge is 2.32. The second-order valence-electron chi connectivity index (χ2n) is 6.74. The van der Waals surface area contributed by atoms with Gasteiger partial charge in [0.2, 0.25) is 5.91 Å². The van der Waals surface area contributed by atoms with E-state index in [1.807, 2.05) is 13.8 Å². The number of amides is 1. The van der Waals surface area contributed by atoms with Crippen LogP contribution < -0.4 is 15.4 Å². The maximum absolute atomic E-state index is 15.0. The van der Waals surface area contributed by atoms with Gasteiger partial charge in [-0.2, -0.15) is 0 Å². The van der Waals surface area contributed by atoms with Crippen LogP contribution in [0.3, 0.4) is 0 Å². The lowest BCUT2D eigenvalue weighted by Gasteiger charge is -2.24. The molecule has 1 amide bonds. The Labute approximate surface area is 175 Å². The van der Waals surface area contributed by atoms with Crippen LogP contribution in [0, 0.1) is 5.82 Å². The summed E-state index contributed by atoms with van der Waals surface area (Å²) in [6, 6.07) is 1.26. The molecule has 2 N–H and O–H groups in total. The van der Waals surface area contributed by atoms with Crippen molar-refractivity contribution in [3.63, 3.8) is 0 Å². The van der Waals surface area contributed by atoms with Crippen LogP contribution >= 0.6 is 22.9 Å². The Bertz CT molecular complexity index is 1080. The molecule has 0 radical (unpaired) electrons. The van der Waals surface area contributed by atoms with Crippen molar-refractivity contribution in [3.05, 3.63) is 39.9 Å². The lowest BCUT2D eigenvalue weighted by atomic mass is 9.92. The first-order valence-electron chi connectivity index (χ1n) is 9.21. The van der Waals surface area contributed by atoms with E-state index < -0.39 is 5.82 Å². The van der Waals surface area contributed by atoms with E-state index in [4.69, 9.17) is 16.3 Å². The largest absolute Gasteiger partial charge is 0.493 e. The molecule has 10 heteroatoms. The van der Waals surface area contributed by atoms with Crippen molar-refractivity contribution in [2.24, 2.45) is 0 Å². The van der Waals surface area contributed by atoms with E-state index in [1.165, 1.54) is 17.7 Å². The van der Waals surface area contributed by atoms with Crippen molar-refractivity contribution >= 4 is 45.0 Å². The zero-order valence-electron chi connectivity index (χ0n) is 15.8. The van der Waals surface area contributed by atoms with Gasteiger partial charge in [-0.3, -0.25) is 4.79 Å². The van der Waals surface area contributed by atoms with E-state index in [-0.39, 0.29) is 29.3 Å². The minimum Gasteiger partial charge on any atom is -0.493 e. The van der Waals surface area contributed by atoms with Crippen molar-refractivity contribution in [3.8, 4) is 5.75 Å². The third-order valence-electron chi connectivity index (χ3n) is 4.86. The number of aromatic nitrogens is 3. The zero-order chi connectivity index (χ0) is 20.5. The van der Waals surface area contributed by atoms with Gasteiger partial charge in [0.15, 0.2) is 5.82 Å². The predicted octanol–water partition coefficient (Wildman–Crippen LogP) is 4.05. The van der Waals surface area contributed by atoms with Crippen molar-refractivity contribution in [2.45, 2.75) is 32.2 Å². The summed E-state index contributed by atoms with van der Waals surface area (Å²) >= 11 is 7.65. The maximum atomic E-state index is 15.0. The molecule has 0 saturated carbocycles. The Morgan fingerprint density at radius 1 is 1.45 bits per heavy atom. The summed E-state index contributed by atoms with van der Waals surface area (Å²) in [5.41, 5.74) is 3.40. The number of nitrogens with one attached hydrogen (secondary N) is 2. The van der Waals surface area contributed by atoms with E-state index in [9.17, 15) is 4.79 Å². The Morgan fingerprint density at radius 2 is 2.28 bits per heavy atom. The normalized spacial score (nSPS) is 17.4. The van der Waals surface area contributed by atoms with Crippen molar-refractivity contribution < 1.29 is 13.9 Å². The molecule has 1 unspecified atom stereocenters. The van der Waals surface area contributed by atoms with Gasteiger partial charge in [-0.25, -0.2) is 19.3 Å². The van der Waals surface area contributed by atoms with Gasteiger partial charge in [0.05, 0.1) is 23.2 Å². The fourth-order valence-corrected chi connectivity index (χ4v) is 4.38. The summed E-state index contributed by atoms with van der Waals surface area (Å²) in [5.74, 6) is -0.00339. The average molecular weight is 436 g/mol. The van der Waals surface area contributed by atoms with Gasteiger partial charge >= 0.3 is 0 Å². The molecule has 0 spiro atoms. The second kappa shape index (κ2) is 8.08. The van der Waals surface area contributed by atoms with Gasteiger partial charge in [0, 0.05) is 30.0 Å². The Balaban J connectivity index is 1.76. The zero-order valence-corrected chi connectivity index (χ0v) is 17.4. The fraction of sp³-hybridized carbons (Fsp3) is 0.368. The average Bonchev–Trinajstić information content (AvgIpc) is 3.34. The van der Waals surface area contributed by atoms with Gasteiger partial charge in [0.25, 0.3) is 0 Å². The molecule has 1 aliphatic heterocycles. The molecule has 1 aliphatic rings. The van der Waals surface area contributed by atoms with Crippen LogP contribution in [0.5, 0.6) is 5.75 Å².